The maximum Gasteiger partial charge on any atom is 0.446 e. The van der Waals surface area contributed by atoms with E-state index in [-0.39, 0.29) is 22.3 Å². The smallest absolute Gasteiger partial charge is 0.320 e. The van der Waals surface area contributed by atoms with Gasteiger partial charge in [0.2, 0.25) is 5.91 Å². The van der Waals surface area contributed by atoms with Gasteiger partial charge in [-0.2, -0.15) is 17.9 Å². The Balaban J connectivity index is 1.68. The lowest BCUT2D eigenvalue weighted by molar-refractivity contribution is -0.111. The van der Waals surface area contributed by atoms with Crippen molar-refractivity contribution in [3.05, 3.63) is 65.7 Å². The van der Waals surface area contributed by atoms with Crippen molar-refractivity contribution in [2.75, 3.05) is 5.32 Å². The number of carbonyl (C=O) groups excluding carboxylic acids is 1. The Morgan fingerprint density at radius 2 is 1.90 bits per heavy atom. The van der Waals surface area contributed by atoms with Gasteiger partial charge in [-0.05, 0) is 71.1 Å². The van der Waals surface area contributed by atoms with E-state index in [9.17, 15) is 22.4 Å². The lowest BCUT2D eigenvalue weighted by Crippen LogP contribution is -2.10. The van der Waals surface area contributed by atoms with Gasteiger partial charge in [-0.3, -0.25) is 4.79 Å². The maximum absolute atomic E-state index is 14.0. The zero-order chi connectivity index (χ0) is 21.0. The van der Waals surface area contributed by atoms with Crippen LogP contribution in [0.4, 0.5) is 23.2 Å². The molecule has 1 aromatic heterocycles. The Labute approximate surface area is 166 Å². The zero-order valence-electron chi connectivity index (χ0n) is 14.8. The summed E-state index contributed by atoms with van der Waals surface area (Å²) >= 11 is -0.223. The molecule has 3 rings (SSSR count). The van der Waals surface area contributed by atoms with Gasteiger partial charge in [0.05, 0.1) is 11.4 Å². The van der Waals surface area contributed by atoms with Gasteiger partial charge >= 0.3 is 5.51 Å². The molecule has 0 aliphatic carbocycles. The van der Waals surface area contributed by atoms with Crippen molar-refractivity contribution in [3.63, 3.8) is 0 Å². The highest BCUT2D eigenvalue weighted by Gasteiger charge is 2.28. The number of nitrogens with one attached hydrogen (secondary N) is 1. The number of aryl methyl sites for hydroxylation is 1. The van der Waals surface area contributed by atoms with E-state index in [1.807, 2.05) is 0 Å². The number of tetrazole rings is 1. The van der Waals surface area contributed by atoms with Crippen molar-refractivity contribution in [2.45, 2.75) is 17.3 Å². The van der Waals surface area contributed by atoms with E-state index in [0.717, 1.165) is 6.08 Å². The fourth-order valence-corrected chi connectivity index (χ4v) is 2.88. The molecular weight excluding hydrogens is 410 g/mol. The number of carbonyl (C=O) groups is 1. The van der Waals surface area contributed by atoms with E-state index in [2.05, 4.69) is 20.8 Å². The number of anilines is 1. The van der Waals surface area contributed by atoms with Crippen LogP contribution in [0.3, 0.4) is 0 Å². The number of hydrogen-bond donors (Lipinski definition) is 1. The molecule has 2 aromatic carbocycles. The van der Waals surface area contributed by atoms with Crippen LogP contribution in [0.1, 0.15) is 11.4 Å². The first-order valence-corrected chi connectivity index (χ1v) is 8.93. The highest BCUT2D eigenvalue weighted by molar-refractivity contribution is 8.00. The fraction of sp³-hybridized carbons (Fsp3) is 0.111. The number of rotatable bonds is 5. The van der Waals surface area contributed by atoms with Crippen LogP contribution in [0.25, 0.3) is 11.8 Å². The first-order chi connectivity index (χ1) is 13.7. The molecule has 0 aliphatic rings. The van der Waals surface area contributed by atoms with E-state index < -0.39 is 17.2 Å². The first-order valence-electron chi connectivity index (χ1n) is 8.11. The zero-order valence-corrected chi connectivity index (χ0v) is 15.6. The number of hydrogen-bond acceptors (Lipinski definition) is 5. The Morgan fingerprint density at radius 3 is 2.52 bits per heavy atom. The van der Waals surface area contributed by atoms with Crippen molar-refractivity contribution in [1.82, 2.24) is 20.2 Å². The van der Waals surface area contributed by atoms with Crippen LogP contribution in [0.5, 0.6) is 0 Å². The number of alkyl halides is 3. The number of halogens is 4. The Morgan fingerprint density at radius 1 is 1.17 bits per heavy atom. The number of nitrogens with zero attached hydrogens (tertiary/aromatic N) is 4. The summed E-state index contributed by atoms with van der Waals surface area (Å²) in [6.07, 6.45) is 2.56. The number of thioether (sulfide) groups is 1. The molecule has 1 N–H and O–H groups in total. The van der Waals surface area contributed by atoms with Gasteiger partial charge in [-0.1, -0.05) is 12.1 Å². The molecule has 29 heavy (non-hydrogen) atoms. The SMILES string of the molecule is Cc1nnnn1-c1ccc(F)c(NC(=O)/C=C/c2ccc(SC(F)(F)F)cc2)c1. The molecule has 0 saturated heterocycles. The van der Waals surface area contributed by atoms with E-state index >= 15 is 0 Å². The van der Waals surface area contributed by atoms with Crippen LogP contribution < -0.4 is 5.32 Å². The molecule has 11 heteroatoms. The largest absolute Gasteiger partial charge is 0.446 e. The summed E-state index contributed by atoms with van der Waals surface area (Å²) < 4.78 is 52.4. The summed E-state index contributed by atoms with van der Waals surface area (Å²) in [4.78, 5) is 12.1. The van der Waals surface area contributed by atoms with Crippen LogP contribution in [-0.4, -0.2) is 31.6 Å². The topological polar surface area (TPSA) is 72.7 Å². The second kappa shape index (κ2) is 8.43. The molecule has 3 aromatic rings. The van der Waals surface area contributed by atoms with Gasteiger partial charge in [0.25, 0.3) is 0 Å². The fourth-order valence-electron chi connectivity index (χ4n) is 2.34. The summed E-state index contributed by atoms with van der Waals surface area (Å²) in [5.74, 6) is -0.765. The molecule has 0 bridgehead atoms. The van der Waals surface area contributed by atoms with Crippen molar-refractivity contribution >= 4 is 29.4 Å². The van der Waals surface area contributed by atoms with Gasteiger partial charge in [0.1, 0.15) is 5.82 Å². The predicted octanol–water partition coefficient (Wildman–Crippen LogP) is 4.37. The summed E-state index contributed by atoms with van der Waals surface area (Å²) in [6.45, 7) is 1.67. The van der Waals surface area contributed by atoms with Crippen LogP contribution in [0.2, 0.25) is 0 Å². The molecular formula is C18H13F4N5OS. The van der Waals surface area contributed by atoms with Crippen LogP contribution in [0, 0.1) is 12.7 Å². The minimum atomic E-state index is -4.36. The lowest BCUT2D eigenvalue weighted by atomic mass is 10.2. The molecule has 0 spiro atoms. The summed E-state index contributed by atoms with van der Waals surface area (Å²) in [5.41, 5.74) is -3.45. The van der Waals surface area contributed by atoms with Gasteiger partial charge in [-0.15, -0.1) is 5.10 Å². The second-order valence-electron chi connectivity index (χ2n) is 5.74. The Kier molecular flexibility index (Phi) is 5.97. The molecule has 0 unspecified atom stereocenters. The van der Waals surface area contributed by atoms with E-state index in [4.69, 9.17) is 0 Å². The van der Waals surface area contributed by atoms with Gasteiger partial charge < -0.3 is 5.32 Å². The highest BCUT2D eigenvalue weighted by Crippen LogP contribution is 2.36. The molecule has 0 fully saturated rings. The van der Waals surface area contributed by atoms with Crippen LogP contribution in [-0.2, 0) is 4.79 Å². The quantitative estimate of drug-likeness (QED) is 0.375. The summed E-state index contributed by atoms with van der Waals surface area (Å²) in [7, 11) is 0. The molecule has 0 atom stereocenters. The van der Waals surface area contributed by atoms with Crippen molar-refractivity contribution in [3.8, 4) is 5.69 Å². The summed E-state index contributed by atoms with van der Waals surface area (Å²) in [5, 5.41) is 13.4. The Bertz CT molecular complexity index is 1050. The number of aromatic nitrogens is 4. The molecule has 6 nitrogen and oxygen atoms in total. The first kappa shape index (κ1) is 20.5. The van der Waals surface area contributed by atoms with Crippen molar-refractivity contribution in [1.29, 1.82) is 0 Å². The van der Waals surface area contributed by atoms with E-state index in [1.165, 1.54) is 53.2 Å². The molecule has 150 valence electrons. The monoisotopic (exact) mass is 423 g/mol. The third-order valence-corrected chi connectivity index (χ3v) is 4.36. The molecule has 0 radical (unpaired) electrons. The average molecular weight is 423 g/mol. The maximum atomic E-state index is 14.0. The third kappa shape index (κ3) is 5.64. The highest BCUT2D eigenvalue weighted by atomic mass is 32.2. The van der Waals surface area contributed by atoms with Gasteiger partial charge in [0, 0.05) is 11.0 Å². The third-order valence-electron chi connectivity index (χ3n) is 3.62. The normalized spacial score (nSPS) is 11.8. The minimum Gasteiger partial charge on any atom is -0.320 e. The molecule has 0 saturated carbocycles. The van der Waals surface area contributed by atoms with Crippen molar-refractivity contribution < 1.29 is 22.4 Å². The van der Waals surface area contributed by atoms with Gasteiger partial charge in [0.15, 0.2) is 5.82 Å². The van der Waals surface area contributed by atoms with Crippen molar-refractivity contribution in [2.24, 2.45) is 0 Å². The lowest BCUT2D eigenvalue weighted by Gasteiger charge is -2.07. The second-order valence-corrected chi connectivity index (χ2v) is 6.88. The Hall–Kier alpha value is -3.21. The van der Waals surface area contributed by atoms with E-state index in [0.29, 0.717) is 17.1 Å². The van der Waals surface area contributed by atoms with Crippen LogP contribution >= 0.6 is 11.8 Å². The standard InChI is InChI=1S/C18H13F4N5OS/c1-11-24-25-26-27(11)13-5-8-15(19)16(10-13)23-17(28)9-4-12-2-6-14(7-3-12)29-18(20,21)22/h2-10H,1H3,(H,23,28)/b9-4+. The molecule has 1 heterocycles. The molecule has 0 aliphatic heterocycles. The summed E-state index contributed by atoms with van der Waals surface area (Å²) in [6, 6.07) is 9.50. The number of amides is 1. The molecule has 1 amide bonds. The van der Waals surface area contributed by atoms with E-state index in [1.54, 1.807) is 6.92 Å². The van der Waals surface area contributed by atoms with Gasteiger partial charge in [-0.25, -0.2) is 4.39 Å². The van der Waals surface area contributed by atoms with Crippen LogP contribution in [0.15, 0.2) is 53.4 Å². The minimum absolute atomic E-state index is 0.0379. The number of benzene rings is 2. The average Bonchev–Trinajstić information content (AvgIpc) is 3.08. The predicted molar refractivity (Wildman–Crippen MR) is 99.9 cm³/mol.